The molecule has 2 rings (SSSR count). The molecule has 0 fully saturated rings. The van der Waals surface area contributed by atoms with E-state index in [-0.39, 0.29) is 0 Å². The number of ether oxygens (including phenoxy) is 1. The van der Waals surface area contributed by atoms with Crippen molar-refractivity contribution in [2.45, 2.75) is 6.92 Å². The molecule has 0 unspecified atom stereocenters. The number of anilines is 2. The number of nitrogens with zero attached hydrogens (tertiary/aromatic N) is 3. The summed E-state index contributed by atoms with van der Waals surface area (Å²) in [5.74, 6) is 1.06. The van der Waals surface area contributed by atoms with Gasteiger partial charge in [-0.25, -0.2) is 9.97 Å². The number of hydrogen-bond donors (Lipinski definition) is 1. The van der Waals surface area contributed by atoms with E-state index in [1.165, 1.54) is 6.33 Å². The lowest BCUT2D eigenvalue weighted by Crippen LogP contribution is -1.99. The van der Waals surface area contributed by atoms with Gasteiger partial charge in [0.05, 0.1) is 28.9 Å². The van der Waals surface area contributed by atoms with Crippen molar-refractivity contribution in [1.82, 2.24) is 9.97 Å². The molecule has 0 amide bonds. The maximum Gasteiger partial charge on any atom is 0.218 e. The number of halogens is 1. The summed E-state index contributed by atoms with van der Waals surface area (Å²) in [6, 6.07) is 8.70. The molecule has 0 atom stereocenters. The summed E-state index contributed by atoms with van der Waals surface area (Å²) in [4.78, 5) is 8.05. The highest BCUT2D eigenvalue weighted by Gasteiger charge is 2.04. The normalized spacial score (nSPS) is 9.74. The van der Waals surface area contributed by atoms with Gasteiger partial charge in [-0.2, -0.15) is 5.26 Å². The van der Waals surface area contributed by atoms with Gasteiger partial charge in [0.1, 0.15) is 12.1 Å². The number of benzene rings is 1. The fourth-order valence-corrected chi connectivity index (χ4v) is 1.69. The maximum atomic E-state index is 8.77. The summed E-state index contributed by atoms with van der Waals surface area (Å²) in [5.41, 5.74) is 1.18. The van der Waals surface area contributed by atoms with Crippen LogP contribution in [0.3, 0.4) is 0 Å². The Labute approximate surface area is 115 Å². The van der Waals surface area contributed by atoms with Gasteiger partial charge in [-0.05, 0) is 25.1 Å². The van der Waals surface area contributed by atoms with Crippen molar-refractivity contribution >= 4 is 23.1 Å². The van der Waals surface area contributed by atoms with Crippen LogP contribution in [-0.2, 0) is 0 Å². The molecule has 0 saturated heterocycles. The molecule has 1 N–H and O–H groups in total. The predicted octanol–water partition coefficient (Wildman–Crippen LogP) is 3.14. The van der Waals surface area contributed by atoms with Crippen molar-refractivity contribution in [3.63, 3.8) is 0 Å². The summed E-state index contributed by atoms with van der Waals surface area (Å²) in [7, 11) is 0. The lowest BCUT2D eigenvalue weighted by atomic mass is 10.2. The fourth-order valence-electron chi connectivity index (χ4n) is 1.46. The highest BCUT2D eigenvalue weighted by Crippen LogP contribution is 2.26. The third kappa shape index (κ3) is 3.33. The third-order valence-electron chi connectivity index (χ3n) is 2.30. The largest absolute Gasteiger partial charge is 0.478 e. The van der Waals surface area contributed by atoms with Crippen molar-refractivity contribution in [2.24, 2.45) is 0 Å². The van der Waals surface area contributed by atoms with Crippen molar-refractivity contribution in [3.05, 3.63) is 41.2 Å². The van der Waals surface area contributed by atoms with E-state index in [1.54, 1.807) is 24.3 Å². The molecule has 96 valence electrons. The summed E-state index contributed by atoms with van der Waals surface area (Å²) in [6.07, 6.45) is 1.41. The van der Waals surface area contributed by atoms with Crippen LogP contribution in [0.5, 0.6) is 5.88 Å². The van der Waals surface area contributed by atoms with Crippen molar-refractivity contribution in [1.29, 1.82) is 5.26 Å². The number of rotatable bonds is 4. The minimum absolute atomic E-state index is 0.454. The van der Waals surface area contributed by atoms with E-state index < -0.39 is 0 Å². The number of nitriles is 1. The quantitative estimate of drug-likeness (QED) is 0.927. The average Bonchev–Trinajstić information content (AvgIpc) is 2.42. The first-order chi connectivity index (χ1) is 9.22. The van der Waals surface area contributed by atoms with Gasteiger partial charge in [-0.3, -0.25) is 0 Å². The second-order valence-corrected chi connectivity index (χ2v) is 4.01. The van der Waals surface area contributed by atoms with Crippen LogP contribution >= 0.6 is 11.6 Å². The Hall–Kier alpha value is -2.32. The molecule has 0 bridgehead atoms. The molecular formula is C13H11ClN4O. The van der Waals surface area contributed by atoms with Gasteiger partial charge in [-0.1, -0.05) is 11.6 Å². The topological polar surface area (TPSA) is 70.8 Å². The maximum absolute atomic E-state index is 8.77. The van der Waals surface area contributed by atoms with Crippen LogP contribution in [0.15, 0.2) is 30.6 Å². The molecule has 0 aliphatic rings. The molecule has 0 radical (unpaired) electrons. The third-order valence-corrected chi connectivity index (χ3v) is 2.61. The first kappa shape index (κ1) is 13.1. The van der Waals surface area contributed by atoms with Crippen LogP contribution in [0.1, 0.15) is 12.5 Å². The van der Waals surface area contributed by atoms with E-state index in [4.69, 9.17) is 21.6 Å². The van der Waals surface area contributed by atoms with Crippen LogP contribution in [0.2, 0.25) is 5.02 Å². The minimum atomic E-state index is 0.454. The van der Waals surface area contributed by atoms with Gasteiger partial charge < -0.3 is 10.1 Å². The van der Waals surface area contributed by atoms with Crippen molar-refractivity contribution < 1.29 is 4.74 Å². The number of aromatic nitrogens is 2. The summed E-state index contributed by atoms with van der Waals surface area (Å²) >= 11 is 6.07. The van der Waals surface area contributed by atoms with E-state index in [2.05, 4.69) is 15.3 Å². The Morgan fingerprint density at radius 3 is 2.89 bits per heavy atom. The molecule has 1 heterocycles. The SMILES string of the molecule is CCOc1cc(Nc2ccc(C#N)cc2Cl)ncn1. The summed E-state index contributed by atoms with van der Waals surface area (Å²) in [5, 5.41) is 12.3. The molecule has 6 heteroatoms. The van der Waals surface area contributed by atoms with E-state index in [9.17, 15) is 0 Å². The zero-order chi connectivity index (χ0) is 13.7. The summed E-state index contributed by atoms with van der Waals surface area (Å²) < 4.78 is 5.28. The van der Waals surface area contributed by atoms with E-state index in [1.807, 2.05) is 13.0 Å². The number of nitrogens with one attached hydrogen (secondary N) is 1. The average molecular weight is 275 g/mol. The van der Waals surface area contributed by atoms with Gasteiger partial charge in [-0.15, -0.1) is 0 Å². The molecule has 0 spiro atoms. The smallest absolute Gasteiger partial charge is 0.218 e. The Morgan fingerprint density at radius 1 is 1.37 bits per heavy atom. The van der Waals surface area contributed by atoms with Crippen molar-refractivity contribution in [3.8, 4) is 11.9 Å². The lowest BCUT2D eigenvalue weighted by molar-refractivity contribution is 0.326. The molecule has 0 saturated carbocycles. The van der Waals surface area contributed by atoms with Gasteiger partial charge in [0.25, 0.3) is 0 Å². The molecular weight excluding hydrogens is 264 g/mol. The number of hydrogen-bond acceptors (Lipinski definition) is 5. The monoisotopic (exact) mass is 274 g/mol. The van der Waals surface area contributed by atoms with Gasteiger partial charge in [0.15, 0.2) is 0 Å². The van der Waals surface area contributed by atoms with Crippen LogP contribution in [0.4, 0.5) is 11.5 Å². The Kier molecular flexibility index (Phi) is 4.16. The van der Waals surface area contributed by atoms with Crippen LogP contribution < -0.4 is 10.1 Å². The second-order valence-electron chi connectivity index (χ2n) is 3.61. The first-order valence-electron chi connectivity index (χ1n) is 5.64. The first-order valence-corrected chi connectivity index (χ1v) is 6.02. The van der Waals surface area contributed by atoms with Crippen LogP contribution in [0.25, 0.3) is 0 Å². The Balaban J connectivity index is 2.21. The van der Waals surface area contributed by atoms with Crippen molar-refractivity contribution in [2.75, 3.05) is 11.9 Å². The molecule has 0 aliphatic carbocycles. The van der Waals surface area contributed by atoms with E-state index >= 15 is 0 Å². The second kappa shape index (κ2) is 6.03. The molecule has 5 nitrogen and oxygen atoms in total. The van der Waals surface area contributed by atoms with Gasteiger partial charge in [0.2, 0.25) is 5.88 Å². The zero-order valence-electron chi connectivity index (χ0n) is 10.2. The van der Waals surface area contributed by atoms with Gasteiger partial charge >= 0.3 is 0 Å². The minimum Gasteiger partial charge on any atom is -0.478 e. The predicted molar refractivity (Wildman–Crippen MR) is 72.7 cm³/mol. The molecule has 1 aromatic carbocycles. The van der Waals surface area contributed by atoms with Crippen LogP contribution in [-0.4, -0.2) is 16.6 Å². The van der Waals surface area contributed by atoms with Gasteiger partial charge in [0, 0.05) is 6.07 Å². The molecule has 1 aromatic heterocycles. The highest BCUT2D eigenvalue weighted by molar-refractivity contribution is 6.33. The Bertz CT molecular complexity index is 624. The summed E-state index contributed by atoms with van der Waals surface area (Å²) in [6.45, 7) is 2.42. The molecule has 2 aromatic rings. The van der Waals surface area contributed by atoms with E-state index in [0.29, 0.717) is 34.6 Å². The lowest BCUT2D eigenvalue weighted by Gasteiger charge is -2.08. The van der Waals surface area contributed by atoms with E-state index in [0.717, 1.165) is 0 Å². The molecule has 19 heavy (non-hydrogen) atoms. The van der Waals surface area contributed by atoms with Crippen LogP contribution in [0, 0.1) is 11.3 Å². The molecule has 0 aliphatic heterocycles. The zero-order valence-corrected chi connectivity index (χ0v) is 11.0. The standard InChI is InChI=1S/C13H11ClN4O/c1-2-19-13-6-12(16-8-17-13)18-11-4-3-9(7-15)5-10(11)14/h3-6,8H,2H2,1H3,(H,16,17,18). The Morgan fingerprint density at radius 2 is 2.21 bits per heavy atom. The fraction of sp³-hybridized carbons (Fsp3) is 0.154. The highest BCUT2D eigenvalue weighted by atomic mass is 35.5.